The molecule has 1 atom stereocenters. The van der Waals surface area contributed by atoms with Gasteiger partial charge in [0.1, 0.15) is 5.75 Å². The lowest BCUT2D eigenvalue weighted by Crippen LogP contribution is -2.43. The molecule has 0 spiro atoms. The molecule has 8 nitrogen and oxygen atoms in total. The van der Waals surface area contributed by atoms with Crippen LogP contribution in [0.3, 0.4) is 0 Å². The lowest BCUT2D eigenvalue weighted by Gasteiger charge is -2.20. The Morgan fingerprint density at radius 3 is 2.59 bits per heavy atom. The number of benzene rings is 1. The van der Waals surface area contributed by atoms with Crippen molar-refractivity contribution in [2.45, 2.75) is 24.9 Å². The minimum absolute atomic E-state index is 0.274. The van der Waals surface area contributed by atoms with Crippen molar-refractivity contribution in [2.24, 2.45) is 0 Å². The first-order valence-corrected chi connectivity index (χ1v) is 6.56. The maximum Gasteiger partial charge on any atom is 0.336 e. The molecule has 1 heterocycles. The molecule has 0 fully saturated rings. The summed E-state index contributed by atoms with van der Waals surface area (Å²) in [6.07, 6.45) is -1.39. The van der Waals surface area contributed by atoms with E-state index in [0.717, 1.165) is 11.3 Å². The fraction of sp³-hybridized carbons (Fsp3) is 0.357. The van der Waals surface area contributed by atoms with Crippen molar-refractivity contribution in [1.29, 1.82) is 0 Å². The van der Waals surface area contributed by atoms with Gasteiger partial charge >= 0.3 is 17.9 Å². The number of carboxylic acids is 2. The van der Waals surface area contributed by atoms with E-state index < -0.39 is 36.4 Å². The third-order valence-electron chi connectivity index (χ3n) is 3.33. The van der Waals surface area contributed by atoms with Crippen LogP contribution in [0.15, 0.2) is 18.2 Å². The molecule has 4 N–H and O–H groups in total. The molecule has 8 heteroatoms. The number of rotatable bonds is 6. The molecular weight excluding hydrogens is 294 g/mol. The minimum atomic E-state index is -2.70. The summed E-state index contributed by atoms with van der Waals surface area (Å²) in [7, 11) is 0. The zero-order valence-electron chi connectivity index (χ0n) is 11.5. The van der Waals surface area contributed by atoms with Gasteiger partial charge in [0.2, 0.25) is 0 Å². The van der Waals surface area contributed by atoms with Gasteiger partial charge in [0.15, 0.2) is 5.60 Å². The number of hydrogen-bond acceptors (Lipinski definition) is 6. The molecule has 0 radical (unpaired) electrons. The summed E-state index contributed by atoms with van der Waals surface area (Å²) < 4.78 is 5.09. The molecule has 0 aromatic heterocycles. The molecule has 22 heavy (non-hydrogen) atoms. The third-order valence-corrected chi connectivity index (χ3v) is 3.33. The fourth-order valence-electron chi connectivity index (χ4n) is 2.27. The van der Waals surface area contributed by atoms with Crippen LogP contribution in [0.1, 0.15) is 18.4 Å². The zero-order valence-corrected chi connectivity index (χ0v) is 11.5. The average molecular weight is 309 g/mol. The molecule has 0 bridgehead atoms. The second kappa shape index (κ2) is 6.02. The Balaban J connectivity index is 2.11. The first kappa shape index (κ1) is 15.8. The van der Waals surface area contributed by atoms with E-state index in [-0.39, 0.29) is 5.75 Å². The number of carbonyl (C=O) groups excluding carboxylic acids is 1. The maximum atomic E-state index is 11.9. The Bertz CT molecular complexity index is 628. The van der Waals surface area contributed by atoms with Crippen molar-refractivity contribution in [3.63, 3.8) is 0 Å². The molecule has 1 unspecified atom stereocenters. The lowest BCUT2D eigenvalue weighted by molar-refractivity contribution is -0.169. The highest BCUT2D eigenvalue weighted by Gasteiger charge is 2.41. The fourth-order valence-corrected chi connectivity index (χ4v) is 2.27. The van der Waals surface area contributed by atoms with Crippen LogP contribution < -0.4 is 10.1 Å². The van der Waals surface area contributed by atoms with Gasteiger partial charge in [0.05, 0.1) is 12.8 Å². The molecule has 0 aliphatic carbocycles. The van der Waals surface area contributed by atoms with E-state index in [9.17, 15) is 19.5 Å². The van der Waals surface area contributed by atoms with Crippen molar-refractivity contribution in [3.8, 4) is 5.75 Å². The van der Waals surface area contributed by atoms with Gasteiger partial charge in [-0.2, -0.15) is 0 Å². The van der Waals surface area contributed by atoms with Gasteiger partial charge in [-0.3, -0.25) is 9.59 Å². The van der Waals surface area contributed by atoms with Crippen LogP contribution in [0.25, 0.3) is 0 Å². The first-order chi connectivity index (χ1) is 10.3. The first-order valence-electron chi connectivity index (χ1n) is 6.56. The highest BCUT2D eigenvalue weighted by molar-refractivity contribution is 5.89. The molecule has 0 amide bonds. The van der Waals surface area contributed by atoms with E-state index >= 15 is 0 Å². The van der Waals surface area contributed by atoms with Gasteiger partial charge in [-0.25, -0.2) is 4.79 Å². The van der Waals surface area contributed by atoms with Crippen LogP contribution in [-0.2, 0) is 20.8 Å². The van der Waals surface area contributed by atoms with E-state index in [0.29, 0.717) is 13.0 Å². The minimum Gasteiger partial charge on any atom is -0.481 e. The molecular formula is C14H15NO7. The van der Waals surface area contributed by atoms with E-state index in [1.807, 2.05) is 6.07 Å². The normalized spacial score (nSPS) is 15.3. The Hall–Kier alpha value is -2.61. The van der Waals surface area contributed by atoms with Crippen molar-refractivity contribution in [2.75, 3.05) is 11.9 Å². The number of aliphatic carboxylic acids is 2. The van der Waals surface area contributed by atoms with Crippen molar-refractivity contribution in [3.05, 3.63) is 23.8 Å². The number of ether oxygens (including phenoxy) is 1. The van der Waals surface area contributed by atoms with Crippen molar-refractivity contribution >= 4 is 23.6 Å². The summed E-state index contributed by atoms with van der Waals surface area (Å²) in [5, 5.41) is 30.5. The van der Waals surface area contributed by atoms with Crippen LogP contribution in [0.4, 0.5) is 5.69 Å². The number of carboxylic acid groups (broad SMARTS) is 2. The predicted octanol–water partition coefficient (Wildman–Crippen LogP) is 0.241. The summed E-state index contributed by atoms with van der Waals surface area (Å²) in [5.74, 6) is -4.05. The molecule has 1 aromatic rings. The topological polar surface area (TPSA) is 133 Å². The largest absolute Gasteiger partial charge is 0.481 e. The van der Waals surface area contributed by atoms with E-state index in [1.165, 1.54) is 0 Å². The quantitative estimate of drug-likeness (QED) is 0.434. The summed E-state index contributed by atoms with van der Waals surface area (Å²) in [6.45, 7) is 0.696. The molecule has 1 aliphatic heterocycles. The number of esters is 1. The molecule has 2 rings (SSSR count). The Morgan fingerprint density at radius 2 is 1.95 bits per heavy atom. The van der Waals surface area contributed by atoms with E-state index in [4.69, 9.17) is 14.9 Å². The standard InChI is InChI=1S/C14H15NO7/c16-11(17)6-14(21,13(19)20)7-12(18)22-10-3-1-2-9-8(10)4-5-15-9/h1-3,15,21H,4-7H2,(H,16,17)(H,19,20). The van der Waals surface area contributed by atoms with Gasteiger partial charge in [0.25, 0.3) is 0 Å². The van der Waals surface area contributed by atoms with Crippen LogP contribution in [0.5, 0.6) is 5.75 Å². The highest BCUT2D eigenvalue weighted by atomic mass is 16.5. The van der Waals surface area contributed by atoms with Crippen LogP contribution in [-0.4, -0.2) is 45.4 Å². The summed E-state index contributed by atoms with van der Waals surface area (Å²) in [5.41, 5.74) is -1.09. The van der Waals surface area contributed by atoms with Crippen LogP contribution >= 0.6 is 0 Å². The van der Waals surface area contributed by atoms with Crippen LogP contribution in [0, 0.1) is 0 Å². The van der Waals surface area contributed by atoms with Crippen molar-refractivity contribution in [1.82, 2.24) is 0 Å². The number of carbonyl (C=O) groups is 3. The second-order valence-electron chi connectivity index (χ2n) is 5.02. The predicted molar refractivity (Wildman–Crippen MR) is 73.7 cm³/mol. The van der Waals surface area contributed by atoms with Gasteiger partial charge in [-0.05, 0) is 18.6 Å². The number of fused-ring (bicyclic) bond motifs is 1. The van der Waals surface area contributed by atoms with Crippen molar-refractivity contribution < 1.29 is 34.4 Å². The SMILES string of the molecule is O=C(O)CC(O)(CC(=O)Oc1cccc2c1CCN2)C(=O)O. The number of hydrogen-bond donors (Lipinski definition) is 4. The monoisotopic (exact) mass is 309 g/mol. The smallest absolute Gasteiger partial charge is 0.336 e. The summed E-state index contributed by atoms with van der Waals surface area (Å²) >= 11 is 0. The van der Waals surface area contributed by atoms with E-state index in [1.54, 1.807) is 12.1 Å². The summed E-state index contributed by atoms with van der Waals surface area (Å²) in [6, 6.07) is 5.04. The van der Waals surface area contributed by atoms with Gasteiger partial charge in [0, 0.05) is 17.8 Å². The van der Waals surface area contributed by atoms with E-state index in [2.05, 4.69) is 5.32 Å². The number of anilines is 1. The lowest BCUT2D eigenvalue weighted by atomic mass is 9.96. The van der Waals surface area contributed by atoms with Crippen LogP contribution in [0.2, 0.25) is 0 Å². The second-order valence-corrected chi connectivity index (χ2v) is 5.02. The molecule has 0 saturated carbocycles. The Morgan fingerprint density at radius 1 is 1.23 bits per heavy atom. The zero-order chi connectivity index (χ0) is 16.3. The van der Waals surface area contributed by atoms with Gasteiger partial charge < -0.3 is 25.4 Å². The molecule has 1 aromatic carbocycles. The maximum absolute atomic E-state index is 11.9. The van der Waals surface area contributed by atoms with Gasteiger partial charge in [-0.15, -0.1) is 0 Å². The third kappa shape index (κ3) is 3.34. The molecule has 118 valence electrons. The molecule has 0 saturated heterocycles. The summed E-state index contributed by atoms with van der Waals surface area (Å²) in [4.78, 5) is 33.5. The average Bonchev–Trinajstić information content (AvgIpc) is 2.86. The Labute approximate surface area is 125 Å². The highest BCUT2D eigenvalue weighted by Crippen LogP contribution is 2.31. The molecule has 1 aliphatic rings. The number of nitrogens with one attached hydrogen (secondary N) is 1. The van der Waals surface area contributed by atoms with Gasteiger partial charge in [-0.1, -0.05) is 6.07 Å². The number of aliphatic hydroxyl groups is 1. The Kier molecular flexibility index (Phi) is 4.32.